The molecule has 5 heteroatoms. The van der Waals surface area contributed by atoms with Crippen LogP contribution in [-0.4, -0.2) is 42.3 Å². The number of benzene rings is 1. The number of rotatable bonds is 5. The Bertz CT molecular complexity index is 623. The summed E-state index contributed by atoms with van der Waals surface area (Å²) < 4.78 is 4.56. The Balaban J connectivity index is 2.11. The van der Waals surface area contributed by atoms with Gasteiger partial charge >= 0.3 is 5.97 Å². The number of amides is 1. The highest BCUT2D eigenvalue weighted by molar-refractivity contribution is 6.03. The molecule has 1 atom stereocenters. The van der Waals surface area contributed by atoms with Crippen LogP contribution >= 0.6 is 0 Å². The van der Waals surface area contributed by atoms with E-state index in [2.05, 4.69) is 4.74 Å². The van der Waals surface area contributed by atoms with E-state index in [1.54, 1.807) is 4.90 Å². The van der Waals surface area contributed by atoms with E-state index in [1.165, 1.54) is 7.11 Å². The van der Waals surface area contributed by atoms with Gasteiger partial charge in [0.15, 0.2) is 5.78 Å². The number of carbonyl (C=O) groups excluding carboxylic acids is 3. The maximum absolute atomic E-state index is 12.8. The minimum atomic E-state index is -0.416. The first-order valence-corrected chi connectivity index (χ1v) is 7.91. The summed E-state index contributed by atoms with van der Waals surface area (Å²) in [5.74, 6) is -0.568. The maximum Gasteiger partial charge on any atom is 0.306 e. The molecule has 0 N–H and O–H groups in total. The number of nitrogens with zero attached hydrogens (tertiary/aromatic N) is 1. The second kappa shape index (κ2) is 7.40. The molecule has 1 unspecified atom stereocenters. The zero-order valence-electron chi connectivity index (χ0n) is 13.9. The minimum Gasteiger partial charge on any atom is -0.469 e. The van der Waals surface area contributed by atoms with E-state index in [9.17, 15) is 14.4 Å². The fourth-order valence-corrected chi connectivity index (χ4v) is 2.97. The van der Waals surface area contributed by atoms with Gasteiger partial charge in [-0.2, -0.15) is 0 Å². The molecule has 23 heavy (non-hydrogen) atoms. The van der Waals surface area contributed by atoms with E-state index >= 15 is 0 Å². The highest BCUT2D eigenvalue weighted by atomic mass is 16.5. The zero-order chi connectivity index (χ0) is 17.0. The van der Waals surface area contributed by atoms with Crippen molar-refractivity contribution in [1.29, 1.82) is 0 Å². The number of hydrogen-bond acceptors (Lipinski definition) is 4. The predicted octanol–water partition coefficient (Wildman–Crippen LogP) is 2.43. The lowest BCUT2D eigenvalue weighted by atomic mass is 9.96. The Kier molecular flexibility index (Phi) is 5.53. The number of ketones is 1. The van der Waals surface area contributed by atoms with Gasteiger partial charge in [-0.25, -0.2) is 0 Å². The predicted molar refractivity (Wildman–Crippen MR) is 86.2 cm³/mol. The fourth-order valence-electron chi connectivity index (χ4n) is 2.97. The Labute approximate surface area is 136 Å². The molecule has 1 aliphatic heterocycles. The van der Waals surface area contributed by atoms with Gasteiger partial charge in [-0.1, -0.05) is 17.7 Å². The van der Waals surface area contributed by atoms with Crippen molar-refractivity contribution in [3.63, 3.8) is 0 Å². The molecule has 1 amide bonds. The topological polar surface area (TPSA) is 63.7 Å². The standard InChI is InChI=1S/C18H23NO4/c1-12-6-7-13(2)14(11-12)18(22)15-5-4-10-19(15)16(20)8-9-17(21)23-3/h6-7,11,15H,4-5,8-10H2,1-3H3. The summed E-state index contributed by atoms with van der Waals surface area (Å²) >= 11 is 0. The minimum absolute atomic E-state index is 0.00452. The van der Waals surface area contributed by atoms with Crippen LogP contribution in [0.2, 0.25) is 0 Å². The molecule has 1 aliphatic rings. The van der Waals surface area contributed by atoms with Gasteiger partial charge in [0.05, 0.1) is 19.6 Å². The largest absolute Gasteiger partial charge is 0.469 e. The lowest BCUT2D eigenvalue weighted by Crippen LogP contribution is -2.40. The van der Waals surface area contributed by atoms with Crippen molar-refractivity contribution in [3.05, 3.63) is 34.9 Å². The molecule has 124 valence electrons. The molecule has 0 saturated carbocycles. The Morgan fingerprint density at radius 1 is 1.22 bits per heavy atom. The van der Waals surface area contributed by atoms with Crippen LogP contribution in [0.15, 0.2) is 18.2 Å². The van der Waals surface area contributed by atoms with Crippen molar-refractivity contribution in [1.82, 2.24) is 4.90 Å². The van der Waals surface area contributed by atoms with Gasteiger partial charge in [0.2, 0.25) is 5.91 Å². The van der Waals surface area contributed by atoms with Gasteiger partial charge in [0.25, 0.3) is 0 Å². The van der Waals surface area contributed by atoms with Crippen LogP contribution in [0.4, 0.5) is 0 Å². The average Bonchev–Trinajstić information content (AvgIpc) is 3.03. The number of methoxy groups -OCH3 is 1. The average molecular weight is 317 g/mol. The highest BCUT2D eigenvalue weighted by Gasteiger charge is 2.34. The molecule has 0 radical (unpaired) electrons. The second-order valence-electron chi connectivity index (χ2n) is 6.00. The summed E-state index contributed by atoms with van der Waals surface area (Å²) in [6.45, 7) is 4.43. The van der Waals surface area contributed by atoms with E-state index in [1.807, 2.05) is 32.0 Å². The summed E-state index contributed by atoms with van der Waals surface area (Å²) in [6, 6.07) is 5.37. The molecule has 2 rings (SSSR count). The van der Waals surface area contributed by atoms with Crippen LogP contribution in [0.5, 0.6) is 0 Å². The van der Waals surface area contributed by atoms with Gasteiger partial charge in [-0.05, 0) is 38.3 Å². The van der Waals surface area contributed by atoms with Crippen LogP contribution in [-0.2, 0) is 14.3 Å². The quantitative estimate of drug-likeness (QED) is 0.618. The highest BCUT2D eigenvalue weighted by Crippen LogP contribution is 2.24. The third-order valence-corrected chi connectivity index (χ3v) is 4.30. The molecule has 1 saturated heterocycles. The summed E-state index contributed by atoms with van der Waals surface area (Å²) in [7, 11) is 1.30. The molecule has 0 aliphatic carbocycles. The lowest BCUT2D eigenvalue weighted by molar-refractivity contribution is -0.143. The number of hydrogen-bond donors (Lipinski definition) is 0. The molecule has 5 nitrogen and oxygen atoms in total. The van der Waals surface area contributed by atoms with Crippen LogP contribution in [0.3, 0.4) is 0 Å². The van der Waals surface area contributed by atoms with Crippen LogP contribution in [0.25, 0.3) is 0 Å². The SMILES string of the molecule is COC(=O)CCC(=O)N1CCCC1C(=O)c1cc(C)ccc1C. The first kappa shape index (κ1) is 17.2. The van der Waals surface area contributed by atoms with Crippen molar-refractivity contribution >= 4 is 17.7 Å². The van der Waals surface area contributed by atoms with Crippen molar-refractivity contribution in [3.8, 4) is 0 Å². The molecule has 1 aromatic rings. The van der Waals surface area contributed by atoms with E-state index in [0.717, 1.165) is 17.5 Å². The van der Waals surface area contributed by atoms with Crippen molar-refractivity contribution in [2.24, 2.45) is 0 Å². The maximum atomic E-state index is 12.8. The van der Waals surface area contributed by atoms with E-state index in [0.29, 0.717) is 18.5 Å². The Morgan fingerprint density at radius 3 is 2.65 bits per heavy atom. The normalized spacial score (nSPS) is 17.2. The van der Waals surface area contributed by atoms with Gasteiger partial charge in [0.1, 0.15) is 0 Å². The molecule has 1 heterocycles. The third-order valence-electron chi connectivity index (χ3n) is 4.30. The van der Waals surface area contributed by atoms with Gasteiger partial charge < -0.3 is 9.64 Å². The molecular formula is C18H23NO4. The molecule has 0 spiro atoms. The Morgan fingerprint density at radius 2 is 1.96 bits per heavy atom. The van der Waals surface area contributed by atoms with Crippen LogP contribution in [0, 0.1) is 13.8 Å². The van der Waals surface area contributed by atoms with Gasteiger partial charge in [0, 0.05) is 18.5 Å². The fraction of sp³-hybridized carbons (Fsp3) is 0.500. The number of aryl methyl sites for hydroxylation is 2. The van der Waals surface area contributed by atoms with Crippen molar-refractivity contribution in [2.75, 3.05) is 13.7 Å². The number of carbonyl (C=O) groups is 3. The summed E-state index contributed by atoms with van der Waals surface area (Å²) in [5, 5.41) is 0. The van der Waals surface area contributed by atoms with Crippen LogP contribution < -0.4 is 0 Å². The summed E-state index contributed by atoms with van der Waals surface area (Å²) in [4.78, 5) is 38.0. The number of ether oxygens (including phenoxy) is 1. The molecule has 1 fully saturated rings. The smallest absolute Gasteiger partial charge is 0.306 e. The summed E-state index contributed by atoms with van der Waals surface area (Å²) in [6.07, 6.45) is 1.63. The van der Waals surface area contributed by atoms with Crippen molar-refractivity contribution in [2.45, 2.75) is 45.6 Å². The monoisotopic (exact) mass is 317 g/mol. The summed E-state index contributed by atoms with van der Waals surface area (Å²) in [5.41, 5.74) is 2.64. The number of esters is 1. The van der Waals surface area contributed by atoms with E-state index < -0.39 is 12.0 Å². The molecular weight excluding hydrogens is 294 g/mol. The number of likely N-dealkylation sites (tertiary alicyclic amines) is 1. The molecule has 1 aromatic carbocycles. The van der Waals surface area contributed by atoms with Gasteiger partial charge in [-0.3, -0.25) is 14.4 Å². The first-order chi connectivity index (χ1) is 10.9. The van der Waals surface area contributed by atoms with Gasteiger partial charge in [-0.15, -0.1) is 0 Å². The third kappa shape index (κ3) is 3.97. The van der Waals surface area contributed by atoms with E-state index in [4.69, 9.17) is 0 Å². The van der Waals surface area contributed by atoms with Crippen molar-refractivity contribution < 1.29 is 19.1 Å². The first-order valence-electron chi connectivity index (χ1n) is 7.91. The molecule has 0 bridgehead atoms. The molecule has 0 aromatic heterocycles. The lowest BCUT2D eigenvalue weighted by Gasteiger charge is -2.24. The number of Topliss-reactive ketones (excluding diaryl/α,β-unsaturated/α-hetero) is 1. The Hall–Kier alpha value is -2.17. The van der Waals surface area contributed by atoms with Crippen LogP contribution in [0.1, 0.15) is 47.2 Å². The zero-order valence-corrected chi connectivity index (χ0v) is 13.9. The second-order valence-corrected chi connectivity index (χ2v) is 6.00. The van der Waals surface area contributed by atoms with E-state index in [-0.39, 0.29) is 24.5 Å².